The van der Waals surface area contributed by atoms with Crippen molar-refractivity contribution in [2.45, 2.75) is 6.04 Å². The first-order chi connectivity index (χ1) is 8.72. The van der Waals surface area contributed by atoms with Crippen molar-refractivity contribution >= 4 is 16.6 Å². The summed E-state index contributed by atoms with van der Waals surface area (Å²) in [6.07, 6.45) is 1.77. The number of benzene rings is 1. The molecule has 2 aromatic rings. The Morgan fingerprint density at radius 3 is 2.94 bits per heavy atom. The summed E-state index contributed by atoms with van der Waals surface area (Å²) in [5, 5.41) is 9.21. The van der Waals surface area contributed by atoms with Gasteiger partial charge in [0.25, 0.3) is 0 Å². The topological polar surface area (TPSA) is 64.3 Å². The van der Waals surface area contributed by atoms with Gasteiger partial charge in [0.2, 0.25) is 0 Å². The van der Waals surface area contributed by atoms with Crippen molar-refractivity contribution in [1.82, 2.24) is 10.2 Å². The highest BCUT2D eigenvalue weighted by Crippen LogP contribution is 2.22. The molecule has 0 radical (unpaired) electrons. The van der Waals surface area contributed by atoms with Crippen LogP contribution in [0.5, 0.6) is 0 Å². The highest BCUT2D eigenvalue weighted by atomic mass is 16.5. The van der Waals surface area contributed by atoms with Gasteiger partial charge in [-0.3, -0.25) is 0 Å². The summed E-state index contributed by atoms with van der Waals surface area (Å²) < 4.78 is 5.05. The van der Waals surface area contributed by atoms with Crippen LogP contribution in [0.4, 0.5) is 5.69 Å². The fourth-order valence-electron chi connectivity index (χ4n) is 2.01. The molecule has 5 heteroatoms. The second kappa shape index (κ2) is 5.75. The van der Waals surface area contributed by atoms with E-state index in [4.69, 9.17) is 10.5 Å². The third kappa shape index (κ3) is 2.75. The lowest BCUT2D eigenvalue weighted by Crippen LogP contribution is -2.38. The minimum Gasteiger partial charge on any atom is -0.383 e. The first-order valence-corrected chi connectivity index (χ1v) is 5.88. The molecule has 0 bridgehead atoms. The fourth-order valence-corrected chi connectivity index (χ4v) is 2.01. The molecule has 0 aliphatic heterocycles. The molecule has 0 amide bonds. The molecule has 0 fully saturated rings. The van der Waals surface area contributed by atoms with Crippen molar-refractivity contribution in [1.29, 1.82) is 0 Å². The van der Waals surface area contributed by atoms with E-state index in [1.165, 1.54) is 0 Å². The first kappa shape index (κ1) is 12.7. The Labute approximate surface area is 107 Å². The minimum atomic E-state index is -0.0214. The van der Waals surface area contributed by atoms with Crippen LogP contribution >= 0.6 is 0 Å². The number of nitrogens with zero attached hydrogens (tertiary/aromatic N) is 3. The number of fused-ring (bicyclic) bond motifs is 1. The maximum absolute atomic E-state index is 5.96. The summed E-state index contributed by atoms with van der Waals surface area (Å²) in [6, 6.07) is 7.92. The van der Waals surface area contributed by atoms with Gasteiger partial charge < -0.3 is 15.4 Å². The first-order valence-electron chi connectivity index (χ1n) is 5.88. The molecule has 2 N–H and O–H groups in total. The SMILES string of the molecule is COCC(N)CN(C)c1cnnc2ccccc12. The second-order valence-corrected chi connectivity index (χ2v) is 4.34. The van der Waals surface area contributed by atoms with E-state index < -0.39 is 0 Å². The van der Waals surface area contributed by atoms with Crippen LogP contribution < -0.4 is 10.6 Å². The molecule has 1 unspecified atom stereocenters. The van der Waals surface area contributed by atoms with Gasteiger partial charge in [-0.05, 0) is 6.07 Å². The molecule has 18 heavy (non-hydrogen) atoms. The second-order valence-electron chi connectivity index (χ2n) is 4.34. The molecule has 0 spiro atoms. The Bertz CT molecular complexity index is 512. The molecule has 1 aromatic heterocycles. The molecule has 0 aliphatic carbocycles. The molecule has 2 rings (SSSR count). The van der Waals surface area contributed by atoms with Gasteiger partial charge in [0.1, 0.15) is 0 Å². The summed E-state index contributed by atoms with van der Waals surface area (Å²) in [5.41, 5.74) is 7.89. The van der Waals surface area contributed by atoms with Crippen molar-refractivity contribution in [2.75, 3.05) is 32.2 Å². The van der Waals surface area contributed by atoms with E-state index in [-0.39, 0.29) is 6.04 Å². The maximum atomic E-state index is 5.96. The average molecular weight is 246 g/mol. The molecule has 5 nitrogen and oxygen atoms in total. The highest BCUT2D eigenvalue weighted by molar-refractivity contribution is 5.90. The normalized spacial score (nSPS) is 12.6. The number of likely N-dealkylation sites (N-methyl/N-ethyl adjacent to an activating group) is 1. The van der Waals surface area contributed by atoms with Gasteiger partial charge >= 0.3 is 0 Å². The molecule has 0 aliphatic rings. The van der Waals surface area contributed by atoms with Gasteiger partial charge in [-0.25, -0.2) is 0 Å². The van der Waals surface area contributed by atoms with Crippen LogP contribution in [-0.2, 0) is 4.74 Å². The molecule has 1 heterocycles. The smallest absolute Gasteiger partial charge is 0.0950 e. The summed E-state index contributed by atoms with van der Waals surface area (Å²) in [5.74, 6) is 0. The summed E-state index contributed by atoms with van der Waals surface area (Å²) in [4.78, 5) is 2.08. The zero-order valence-corrected chi connectivity index (χ0v) is 10.7. The van der Waals surface area contributed by atoms with Crippen LogP contribution in [-0.4, -0.2) is 43.5 Å². The number of ether oxygens (including phenoxy) is 1. The molecule has 1 atom stereocenters. The van der Waals surface area contributed by atoms with Crippen LogP contribution in [0.25, 0.3) is 10.9 Å². The molecular weight excluding hydrogens is 228 g/mol. The van der Waals surface area contributed by atoms with Crippen molar-refractivity contribution in [3.05, 3.63) is 30.5 Å². The lowest BCUT2D eigenvalue weighted by Gasteiger charge is -2.23. The Morgan fingerprint density at radius 2 is 2.17 bits per heavy atom. The van der Waals surface area contributed by atoms with E-state index in [0.29, 0.717) is 13.2 Å². The zero-order valence-electron chi connectivity index (χ0n) is 10.7. The fraction of sp³-hybridized carbons (Fsp3) is 0.385. The van der Waals surface area contributed by atoms with Gasteiger partial charge in [0.15, 0.2) is 0 Å². The Kier molecular flexibility index (Phi) is 4.07. The maximum Gasteiger partial charge on any atom is 0.0950 e. The quantitative estimate of drug-likeness (QED) is 0.854. The number of rotatable bonds is 5. The molecule has 0 saturated heterocycles. The zero-order chi connectivity index (χ0) is 13.0. The Morgan fingerprint density at radius 1 is 1.39 bits per heavy atom. The third-order valence-electron chi connectivity index (χ3n) is 2.83. The highest BCUT2D eigenvalue weighted by Gasteiger charge is 2.10. The number of methoxy groups -OCH3 is 1. The van der Waals surface area contributed by atoms with Crippen LogP contribution in [0, 0.1) is 0 Å². The number of hydrogen-bond donors (Lipinski definition) is 1. The van der Waals surface area contributed by atoms with E-state index in [9.17, 15) is 0 Å². The number of nitrogens with two attached hydrogens (primary N) is 1. The van der Waals surface area contributed by atoms with Crippen LogP contribution in [0.3, 0.4) is 0 Å². The van der Waals surface area contributed by atoms with E-state index in [2.05, 4.69) is 15.1 Å². The van der Waals surface area contributed by atoms with Crippen LogP contribution in [0.1, 0.15) is 0 Å². The van der Waals surface area contributed by atoms with E-state index >= 15 is 0 Å². The molecule has 96 valence electrons. The van der Waals surface area contributed by atoms with E-state index in [1.54, 1.807) is 13.3 Å². The van der Waals surface area contributed by atoms with Gasteiger partial charge in [-0.2, -0.15) is 10.2 Å². The molecule has 0 saturated carbocycles. The van der Waals surface area contributed by atoms with E-state index in [0.717, 1.165) is 16.6 Å². The predicted octanol–water partition coefficient (Wildman–Crippen LogP) is 1.04. The van der Waals surface area contributed by atoms with Gasteiger partial charge in [-0.1, -0.05) is 18.2 Å². The standard InChI is InChI=1S/C13H18N4O/c1-17(8-10(14)9-18-2)13-7-15-16-12-6-4-3-5-11(12)13/h3-7,10H,8-9,14H2,1-2H3. The van der Waals surface area contributed by atoms with Crippen molar-refractivity contribution in [2.24, 2.45) is 5.73 Å². The number of anilines is 1. The lowest BCUT2D eigenvalue weighted by molar-refractivity contribution is 0.181. The monoisotopic (exact) mass is 246 g/mol. The van der Waals surface area contributed by atoms with Crippen molar-refractivity contribution < 1.29 is 4.74 Å². The summed E-state index contributed by atoms with van der Waals surface area (Å²) in [6.45, 7) is 1.25. The predicted molar refractivity (Wildman–Crippen MR) is 72.7 cm³/mol. The summed E-state index contributed by atoms with van der Waals surface area (Å²) in [7, 11) is 3.65. The van der Waals surface area contributed by atoms with Gasteiger partial charge in [-0.15, -0.1) is 0 Å². The lowest BCUT2D eigenvalue weighted by atomic mass is 10.2. The molecule has 1 aromatic carbocycles. The van der Waals surface area contributed by atoms with Crippen molar-refractivity contribution in [3.63, 3.8) is 0 Å². The third-order valence-corrected chi connectivity index (χ3v) is 2.83. The molecular formula is C13H18N4O. The van der Waals surface area contributed by atoms with Crippen LogP contribution in [0.2, 0.25) is 0 Å². The van der Waals surface area contributed by atoms with Gasteiger partial charge in [0.05, 0.1) is 24.0 Å². The Balaban J connectivity index is 2.24. The minimum absolute atomic E-state index is 0.0214. The number of hydrogen-bond acceptors (Lipinski definition) is 5. The van der Waals surface area contributed by atoms with Crippen LogP contribution in [0.15, 0.2) is 30.5 Å². The van der Waals surface area contributed by atoms with Crippen molar-refractivity contribution in [3.8, 4) is 0 Å². The largest absolute Gasteiger partial charge is 0.383 e. The van der Waals surface area contributed by atoms with E-state index in [1.807, 2.05) is 31.3 Å². The Hall–Kier alpha value is -1.72. The van der Waals surface area contributed by atoms with Gasteiger partial charge in [0, 0.05) is 32.1 Å². The number of aromatic nitrogens is 2. The average Bonchev–Trinajstić information content (AvgIpc) is 2.38. The summed E-state index contributed by atoms with van der Waals surface area (Å²) >= 11 is 0.